The van der Waals surface area contributed by atoms with Gasteiger partial charge in [0.05, 0.1) is 31.1 Å². The second-order valence-electron chi connectivity index (χ2n) is 6.96. The number of aryl methyl sites for hydroxylation is 1. The summed E-state index contributed by atoms with van der Waals surface area (Å²) in [7, 11) is 4.74. The number of carboxylic acid groups (broad SMARTS) is 1. The maximum atomic E-state index is 12.3. The normalized spacial score (nSPS) is 11.9. The second-order valence-corrected chi connectivity index (χ2v) is 6.96. The molecular weight excluding hydrogens is 408 g/mol. The minimum absolute atomic E-state index is 0.0138. The van der Waals surface area contributed by atoms with Gasteiger partial charge in [-0.15, -0.1) is 0 Å². The number of rotatable bonds is 7. The van der Waals surface area contributed by atoms with Crippen LogP contribution in [0.2, 0.25) is 0 Å². The van der Waals surface area contributed by atoms with E-state index in [2.05, 4.69) is 9.97 Å². The molecular formula is C19H26N6O6. The van der Waals surface area contributed by atoms with Crippen LogP contribution in [0.5, 0.6) is 0 Å². The predicted octanol–water partition coefficient (Wildman–Crippen LogP) is -1.50. The van der Waals surface area contributed by atoms with E-state index in [9.17, 15) is 19.5 Å². The number of hydrogen-bond acceptors (Lipinski definition) is 8. The average Bonchev–Trinajstić information content (AvgIpc) is 3.15. The van der Waals surface area contributed by atoms with Crippen molar-refractivity contribution in [3.63, 3.8) is 0 Å². The van der Waals surface area contributed by atoms with E-state index in [0.717, 1.165) is 4.57 Å². The van der Waals surface area contributed by atoms with Gasteiger partial charge in [0.2, 0.25) is 0 Å². The molecule has 0 spiro atoms. The largest absolute Gasteiger partial charge is 0.478 e. The zero-order valence-corrected chi connectivity index (χ0v) is 17.5. The van der Waals surface area contributed by atoms with Gasteiger partial charge in [0.15, 0.2) is 11.2 Å². The molecule has 0 saturated carbocycles. The summed E-state index contributed by atoms with van der Waals surface area (Å²) in [6.45, 7) is 1.00. The smallest absolute Gasteiger partial charge is 0.337 e. The van der Waals surface area contributed by atoms with E-state index >= 15 is 0 Å². The molecule has 1 atom stereocenters. The van der Waals surface area contributed by atoms with Crippen molar-refractivity contribution < 1.29 is 20.1 Å². The molecule has 12 heteroatoms. The summed E-state index contributed by atoms with van der Waals surface area (Å²) in [5.41, 5.74) is -0.0764. The minimum Gasteiger partial charge on any atom is -0.478 e. The van der Waals surface area contributed by atoms with E-state index in [-0.39, 0.29) is 24.2 Å². The van der Waals surface area contributed by atoms with Crippen molar-refractivity contribution >= 4 is 17.1 Å². The third-order valence-corrected chi connectivity index (χ3v) is 4.54. The molecule has 12 nitrogen and oxygen atoms in total. The Labute approximate surface area is 177 Å². The molecule has 0 aliphatic carbocycles. The Bertz CT molecular complexity index is 1140. The molecule has 3 heterocycles. The van der Waals surface area contributed by atoms with Crippen molar-refractivity contribution in [1.29, 1.82) is 0 Å². The molecule has 3 rings (SSSR count). The number of carbonyl (C=O) groups is 1. The number of likely N-dealkylation sites (N-methyl/N-ethyl adjacent to an activating group) is 1. The van der Waals surface area contributed by atoms with Crippen LogP contribution in [0, 0.1) is 0 Å². The number of hydrogen-bond donors (Lipinski definition) is 3. The van der Waals surface area contributed by atoms with Gasteiger partial charge >= 0.3 is 11.7 Å². The summed E-state index contributed by atoms with van der Waals surface area (Å²) in [5, 5.41) is 27.3. The summed E-state index contributed by atoms with van der Waals surface area (Å²) in [4.78, 5) is 43.8. The van der Waals surface area contributed by atoms with Gasteiger partial charge in [0.1, 0.15) is 0 Å². The first-order chi connectivity index (χ1) is 14.7. The maximum absolute atomic E-state index is 12.3. The van der Waals surface area contributed by atoms with Gasteiger partial charge in [0, 0.05) is 39.6 Å². The van der Waals surface area contributed by atoms with Crippen molar-refractivity contribution in [1.82, 2.24) is 28.6 Å². The SMILES string of the molecule is CN(CCO)C[C@@H](O)Cn1cnc2c1c(=O)n(C)c(=O)n2C.O=C(O)c1cccnc1. The Morgan fingerprint density at radius 2 is 1.97 bits per heavy atom. The van der Waals surface area contributed by atoms with Gasteiger partial charge in [-0.2, -0.15) is 0 Å². The summed E-state index contributed by atoms with van der Waals surface area (Å²) < 4.78 is 3.87. The van der Waals surface area contributed by atoms with E-state index in [1.807, 2.05) is 0 Å². The zero-order chi connectivity index (χ0) is 23.1. The lowest BCUT2D eigenvalue weighted by Crippen LogP contribution is -2.38. The molecule has 0 radical (unpaired) electrons. The van der Waals surface area contributed by atoms with Crippen LogP contribution >= 0.6 is 0 Å². The summed E-state index contributed by atoms with van der Waals surface area (Å²) in [6.07, 6.45) is 3.56. The number of pyridine rings is 1. The number of aromatic carboxylic acids is 1. The molecule has 0 bridgehead atoms. The standard InChI is InChI=1S/C13H21N5O4.C6H5NO2/c1-15(4-5-19)6-9(20)7-18-8-14-11-10(18)12(21)17(3)13(22)16(11)2;8-6(9)5-2-1-3-7-4-5/h8-9,19-20H,4-7H2,1-3H3;1-4H,(H,8,9)/t9-;/m1./s1. The van der Waals surface area contributed by atoms with Crippen molar-refractivity contribution in [3.05, 3.63) is 57.3 Å². The lowest BCUT2D eigenvalue weighted by Gasteiger charge is -2.19. The number of aliphatic hydroxyl groups is 2. The van der Waals surface area contributed by atoms with Gasteiger partial charge in [-0.05, 0) is 19.2 Å². The number of imidazole rings is 1. The predicted molar refractivity (Wildman–Crippen MR) is 112 cm³/mol. The minimum atomic E-state index is -0.942. The number of aromatic nitrogens is 5. The van der Waals surface area contributed by atoms with Crippen LogP contribution in [0.3, 0.4) is 0 Å². The van der Waals surface area contributed by atoms with E-state index < -0.39 is 23.3 Å². The molecule has 3 aromatic rings. The monoisotopic (exact) mass is 434 g/mol. The van der Waals surface area contributed by atoms with Crippen molar-refractivity contribution in [3.8, 4) is 0 Å². The molecule has 0 unspecified atom stereocenters. The third kappa shape index (κ3) is 5.84. The van der Waals surface area contributed by atoms with Gasteiger partial charge in [-0.1, -0.05) is 0 Å². The highest BCUT2D eigenvalue weighted by Crippen LogP contribution is 2.07. The Morgan fingerprint density at radius 3 is 2.52 bits per heavy atom. The Morgan fingerprint density at radius 1 is 1.26 bits per heavy atom. The molecule has 3 aromatic heterocycles. The summed E-state index contributed by atoms with van der Waals surface area (Å²) in [5.74, 6) is -0.942. The second kappa shape index (κ2) is 10.6. The fraction of sp³-hybridized carbons (Fsp3) is 0.421. The first kappa shape index (κ1) is 23.9. The van der Waals surface area contributed by atoms with E-state index in [1.54, 1.807) is 29.6 Å². The highest BCUT2D eigenvalue weighted by atomic mass is 16.4. The van der Waals surface area contributed by atoms with Gasteiger partial charge in [0.25, 0.3) is 5.56 Å². The highest BCUT2D eigenvalue weighted by Gasteiger charge is 2.16. The fourth-order valence-corrected chi connectivity index (χ4v) is 2.93. The van der Waals surface area contributed by atoms with E-state index in [0.29, 0.717) is 18.7 Å². The fourth-order valence-electron chi connectivity index (χ4n) is 2.93. The number of carboxylic acids is 1. The number of nitrogens with zero attached hydrogens (tertiary/aromatic N) is 6. The van der Waals surface area contributed by atoms with Crippen LogP contribution < -0.4 is 11.2 Å². The molecule has 0 amide bonds. The van der Waals surface area contributed by atoms with Gasteiger partial charge in [-0.25, -0.2) is 14.6 Å². The summed E-state index contributed by atoms with van der Waals surface area (Å²) in [6, 6.07) is 3.08. The lowest BCUT2D eigenvalue weighted by molar-refractivity contribution is 0.0696. The van der Waals surface area contributed by atoms with Crippen LogP contribution in [0.4, 0.5) is 0 Å². The Balaban J connectivity index is 0.000000316. The molecule has 0 saturated heterocycles. The molecule has 0 aliphatic heterocycles. The first-order valence-electron chi connectivity index (χ1n) is 9.39. The molecule has 31 heavy (non-hydrogen) atoms. The van der Waals surface area contributed by atoms with Gasteiger partial charge < -0.3 is 24.8 Å². The van der Waals surface area contributed by atoms with E-state index in [4.69, 9.17) is 10.2 Å². The molecule has 3 N–H and O–H groups in total. The molecule has 168 valence electrons. The van der Waals surface area contributed by atoms with Crippen LogP contribution in [0.15, 0.2) is 40.4 Å². The van der Waals surface area contributed by atoms with Crippen LogP contribution in [0.1, 0.15) is 10.4 Å². The van der Waals surface area contributed by atoms with Crippen molar-refractivity contribution in [2.24, 2.45) is 14.1 Å². The highest BCUT2D eigenvalue weighted by molar-refractivity contribution is 5.86. The van der Waals surface area contributed by atoms with Crippen molar-refractivity contribution in [2.75, 3.05) is 26.7 Å². The third-order valence-electron chi connectivity index (χ3n) is 4.54. The quantitative estimate of drug-likeness (QED) is 0.403. The van der Waals surface area contributed by atoms with Crippen LogP contribution in [0.25, 0.3) is 11.2 Å². The number of fused-ring (bicyclic) bond motifs is 1. The first-order valence-corrected chi connectivity index (χ1v) is 9.39. The molecule has 0 fully saturated rings. The van der Waals surface area contributed by atoms with Crippen molar-refractivity contribution in [2.45, 2.75) is 12.6 Å². The maximum Gasteiger partial charge on any atom is 0.337 e. The Kier molecular flexibility index (Phi) is 8.19. The topological polar surface area (TPSA) is 156 Å². The van der Waals surface area contributed by atoms with Gasteiger partial charge in [-0.3, -0.25) is 18.9 Å². The molecule has 0 aliphatic rings. The summed E-state index contributed by atoms with van der Waals surface area (Å²) >= 11 is 0. The lowest BCUT2D eigenvalue weighted by atomic mass is 10.3. The van der Waals surface area contributed by atoms with Crippen LogP contribution in [-0.4, -0.2) is 82.7 Å². The molecule has 0 aromatic carbocycles. The van der Waals surface area contributed by atoms with Crippen LogP contribution in [-0.2, 0) is 20.6 Å². The van der Waals surface area contributed by atoms with E-state index in [1.165, 1.54) is 36.4 Å². The average molecular weight is 434 g/mol. The Hall–Kier alpha value is -3.35. The number of aliphatic hydroxyl groups excluding tert-OH is 2. The zero-order valence-electron chi connectivity index (χ0n) is 17.5.